The molecule has 5 heteroatoms. The number of aromatic carboxylic acids is 1. The Bertz CT molecular complexity index is 332. The van der Waals surface area contributed by atoms with Gasteiger partial charge < -0.3 is 9.84 Å². The number of hydrogen-bond acceptors (Lipinski definition) is 4. The maximum absolute atomic E-state index is 10.4. The Hall–Kier alpha value is -1.65. The van der Waals surface area contributed by atoms with Crippen LogP contribution in [-0.4, -0.2) is 27.9 Å². The highest BCUT2D eigenvalue weighted by Gasteiger charge is 2.22. The molecule has 5 nitrogen and oxygen atoms in total. The smallest absolute Gasteiger partial charge is 0.356 e. The molecule has 1 saturated carbocycles. The molecule has 0 aliphatic heterocycles. The van der Waals surface area contributed by atoms with E-state index in [1.165, 1.54) is 25.0 Å². The van der Waals surface area contributed by atoms with Crippen molar-refractivity contribution in [1.82, 2.24) is 10.2 Å². The van der Waals surface area contributed by atoms with E-state index in [9.17, 15) is 4.79 Å². The summed E-state index contributed by atoms with van der Waals surface area (Å²) in [5.41, 5.74) is -0.0660. The fraction of sp³-hybridized carbons (Fsp3) is 0.444. The van der Waals surface area contributed by atoms with Crippen LogP contribution in [0.15, 0.2) is 12.1 Å². The molecule has 0 unspecified atom stereocenters. The topological polar surface area (TPSA) is 72.3 Å². The molecule has 0 amide bonds. The van der Waals surface area contributed by atoms with Crippen molar-refractivity contribution in [3.05, 3.63) is 17.8 Å². The first-order valence-electron chi connectivity index (χ1n) is 4.45. The van der Waals surface area contributed by atoms with E-state index in [4.69, 9.17) is 9.84 Å². The van der Waals surface area contributed by atoms with Crippen molar-refractivity contribution in [3.8, 4) is 5.88 Å². The molecule has 0 bridgehead atoms. The zero-order chi connectivity index (χ0) is 9.97. The Morgan fingerprint density at radius 1 is 1.50 bits per heavy atom. The lowest BCUT2D eigenvalue weighted by atomic mass is 10.4. The molecular weight excluding hydrogens is 184 g/mol. The summed E-state index contributed by atoms with van der Waals surface area (Å²) in [5, 5.41) is 15.7. The lowest BCUT2D eigenvalue weighted by molar-refractivity contribution is 0.0689. The molecule has 1 aliphatic rings. The molecule has 14 heavy (non-hydrogen) atoms. The van der Waals surface area contributed by atoms with E-state index in [0.717, 1.165) is 0 Å². The summed E-state index contributed by atoms with van der Waals surface area (Å²) in [5.74, 6) is -0.0379. The van der Waals surface area contributed by atoms with Gasteiger partial charge in [-0.15, -0.1) is 10.2 Å². The summed E-state index contributed by atoms with van der Waals surface area (Å²) in [6.45, 7) is 0.654. The van der Waals surface area contributed by atoms with Gasteiger partial charge in [0.1, 0.15) is 0 Å². The van der Waals surface area contributed by atoms with Crippen LogP contribution in [0.3, 0.4) is 0 Å². The van der Waals surface area contributed by atoms with E-state index < -0.39 is 5.97 Å². The Labute approximate surface area is 80.7 Å². The monoisotopic (exact) mass is 194 g/mol. The van der Waals surface area contributed by atoms with Crippen LogP contribution in [0.2, 0.25) is 0 Å². The normalized spacial score (nSPS) is 15.1. The second-order valence-electron chi connectivity index (χ2n) is 3.32. The van der Waals surface area contributed by atoms with Gasteiger partial charge in [-0.1, -0.05) is 0 Å². The zero-order valence-corrected chi connectivity index (χ0v) is 7.51. The van der Waals surface area contributed by atoms with E-state index in [0.29, 0.717) is 18.4 Å². The molecule has 0 aromatic carbocycles. The van der Waals surface area contributed by atoms with Crippen molar-refractivity contribution < 1.29 is 14.6 Å². The van der Waals surface area contributed by atoms with Crippen LogP contribution < -0.4 is 4.74 Å². The maximum Gasteiger partial charge on any atom is 0.356 e. The minimum atomic E-state index is -1.08. The number of aromatic nitrogens is 2. The molecule has 74 valence electrons. The third kappa shape index (κ3) is 2.18. The number of nitrogens with zero attached hydrogens (tertiary/aromatic N) is 2. The van der Waals surface area contributed by atoms with Gasteiger partial charge in [-0.05, 0) is 24.8 Å². The molecule has 1 aromatic heterocycles. The molecule has 0 saturated heterocycles. The molecule has 0 spiro atoms. The number of hydrogen-bond donors (Lipinski definition) is 1. The minimum Gasteiger partial charge on any atom is -0.476 e. The van der Waals surface area contributed by atoms with Gasteiger partial charge in [0, 0.05) is 6.07 Å². The average molecular weight is 194 g/mol. The average Bonchev–Trinajstić information content (AvgIpc) is 2.99. The molecule has 0 atom stereocenters. The van der Waals surface area contributed by atoms with E-state index in [-0.39, 0.29) is 5.69 Å². The summed E-state index contributed by atoms with van der Waals surface area (Å²) < 4.78 is 5.30. The Morgan fingerprint density at radius 3 is 2.79 bits per heavy atom. The third-order valence-electron chi connectivity index (χ3n) is 2.02. The molecule has 2 rings (SSSR count). The van der Waals surface area contributed by atoms with Gasteiger partial charge in [0.15, 0.2) is 5.69 Å². The van der Waals surface area contributed by atoms with Crippen LogP contribution in [0.1, 0.15) is 23.3 Å². The molecular formula is C9H10N2O3. The first-order valence-corrected chi connectivity index (χ1v) is 4.45. The highest BCUT2D eigenvalue weighted by atomic mass is 16.5. The third-order valence-corrected chi connectivity index (χ3v) is 2.02. The van der Waals surface area contributed by atoms with Crippen LogP contribution >= 0.6 is 0 Å². The van der Waals surface area contributed by atoms with Crippen LogP contribution in [0, 0.1) is 5.92 Å². The first kappa shape index (κ1) is 8.93. The maximum atomic E-state index is 10.4. The van der Waals surface area contributed by atoms with Crippen molar-refractivity contribution in [3.63, 3.8) is 0 Å². The number of carboxylic acids is 1. The Morgan fingerprint density at radius 2 is 2.29 bits per heavy atom. The van der Waals surface area contributed by atoms with Gasteiger partial charge in [0.05, 0.1) is 6.61 Å². The van der Waals surface area contributed by atoms with Crippen LogP contribution in [-0.2, 0) is 0 Å². The fourth-order valence-corrected chi connectivity index (χ4v) is 0.999. The molecule has 1 heterocycles. The molecule has 1 aliphatic carbocycles. The van der Waals surface area contributed by atoms with Gasteiger partial charge in [-0.2, -0.15) is 0 Å². The lowest BCUT2D eigenvalue weighted by Gasteiger charge is -2.02. The van der Waals surface area contributed by atoms with Crippen molar-refractivity contribution in [1.29, 1.82) is 0 Å². The highest BCUT2D eigenvalue weighted by molar-refractivity contribution is 5.84. The minimum absolute atomic E-state index is 0.0660. The standard InChI is InChI=1S/C9H10N2O3/c12-9(13)7-3-4-8(11-10-7)14-5-6-1-2-6/h3-4,6H,1-2,5H2,(H,12,13). The predicted molar refractivity (Wildman–Crippen MR) is 47.2 cm³/mol. The largest absolute Gasteiger partial charge is 0.476 e. The summed E-state index contributed by atoms with van der Waals surface area (Å²) in [4.78, 5) is 10.4. The zero-order valence-electron chi connectivity index (χ0n) is 7.51. The van der Waals surface area contributed by atoms with Gasteiger partial charge >= 0.3 is 5.97 Å². The predicted octanol–water partition coefficient (Wildman–Crippen LogP) is 0.964. The van der Waals surface area contributed by atoms with Gasteiger partial charge in [0.2, 0.25) is 5.88 Å². The quantitative estimate of drug-likeness (QED) is 0.772. The SMILES string of the molecule is O=C(O)c1ccc(OCC2CC2)nn1. The summed E-state index contributed by atoms with van der Waals surface area (Å²) in [7, 11) is 0. The van der Waals surface area contributed by atoms with E-state index >= 15 is 0 Å². The first-order chi connectivity index (χ1) is 6.75. The van der Waals surface area contributed by atoms with Crippen LogP contribution in [0.25, 0.3) is 0 Å². The lowest BCUT2D eigenvalue weighted by Crippen LogP contribution is -2.05. The number of carboxylic acid groups (broad SMARTS) is 1. The molecule has 1 aromatic rings. The van der Waals surface area contributed by atoms with E-state index in [2.05, 4.69) is 10.2 Å². The second-order valence-corrected chi connectivity index (χ2v) is 3.32. The van der Waals surface area contributed by atoms with Gasteiger partial charge in [0.25, 0.3) is 0 Å². The Balaban J connectivity index is 1.94. The Kier molecular flexibility index (Phi) is 2.30. The van der Waals surface area contributed by atoms with Crippen molar-refractivity contribution >= 4 is 5.97 Å². The second kappa shape index (κ2) is 3.61. The number of rotatable bonds is 4. The summed E-state index contributed by atoms with van der Waals surface area (Å²) in [6.07, 6.45) is 2.42. The summed E-state index contributed by atoms with van der Waals surface area (Å²) >= 11 is 0. The number of ether oxygens (including phenoxy) is 1. The number of carbonyl (C=O) groups is 1. The van der Waals surface area contributed by atoms with E-state index in [1.807, 2.05) is 0 Å². The van der Waals surface area contributed by atoms with Gasteiger partial charge in [-0.25, -0.2) is 4.79 Å². The van der Waals surface area contributed by atoms with Gasteiger partial charge in [-0.3, -0.25) is 0 Å². The van der Waals surface area contributed by atoms with Crippen molar-refractivity contribution in [2.45, 2.75) is 12.8 Å². The molecule has 1 fully saturated rings. The van der Waals surface area contributed by atoms with E-state index in [1.54, 1.807) is 0 Å². The molecule has 0 radical (unpaired) electrons. The van der Waals surface area contributed by atoms with Crippen molar-refractivity contribution in [2.75, 3.05) is 6.61 Å². The van der Waals surface area contributed by atoms with Crippen LogP contribution in [0.4, 0.5) is 0 Å². The van der Waals surface area contributed by atoms with Crippen LogP contribution in [0.5, 0.6) is 5.88 Å². The van der Waals surface area contributed by atoms with Crippen molar-refractivity contribution in [2.24, 2.45) is 5.92 Å². The summed E-state index contributed by atoms with van der Waals surface area (Å²) in [6, 6.07) is 2.91. The molecule has 1 N–H and O–H groups in total. The fourth-order valence-electron chi connectivity index (χ4n) is 0.999. The highest BCUT2D eigenvalue weighted by Crippen LogP contribution is 2.29.